The highest BCUT2D eigenvalue weighted by atomic mass is 16.5. The van der Waals surface area contributed by atoms with Gasteiger partial charge in [0.05, 0.1) is 0 Å². The molecule has 1 atom stereocenters. The second-order valence-corrected chi connectivity index (χ2v) is 8.05. The van der Waals surface area contributed by atoms with Crippen molar-refractivity contribution in [1.82, 2.24) is 9.80 Å². The summed E-state index contributed by atoms with van der Waals surface area (Å²) in [5, 5.41) is 0. The lowest BCUT2D eigenvalue weighted by molar-refractivity contribution is -0.135. The molecule has 2 aromatic rings. The molecule has 2 aromatic carbocycles. The molecule has 0 saturated carbocycles. The molecule has 0 spiro atoms. The molecular weight excluding hydrogens is 362 g/mol. The molecule has 0 aromatic heterocycles. The van der Waals surface area contributed by atoms with Gasteiger partial charge < -0.3 is 14.5 Å². The highest BCUT2D eigenvalue weighted by Crippen LogP contribution is 2.23. The highest BCUT2D eigenvalue weighted by molar-refractivity contribution is 5.78. The van der Waals surface area contributed by atoms with Crippen molar-refractivity contribution >= 4 is 11.6 Å². The minimum absolute atomic E-state index is 0.0945. The van der Waals surface area contributed by atoms with Crippen LogP contribution < -0.4 is 9.64 Å². The number of aryl methyl sites for hydroxylation is 1. The van der Waals surface area contributed by atoms with Crippen LogP contribution in [-0.4, -0.2) is 67.6 Å². The number of piperidine rings is 1. The molecule has 5 nitrogen and oxygen atoms in total. The minimum Gasteiger partial charge on any atom is -0.484 e. The summed E-state index contributed by atoms with van der Waals surface area (Å²) in [4.78, 5) is 19.7. The predicted molar refractivity (Wildman–Crippen MR) is 117 cm³/mol. The standard InChI is InChI=1S/C24H31N3O2/c1-20-8-5-6-12-23(20)26-16-14-25(15-17-26)21-9-7-13-27(18-21)24(28)19-29-22-10-3-2-4-11-22/h2-6,8,10-12,21H,7,9,13-19H2,1H3/t21-/m1/s1. The predicted octanol–water partition coefficient (Wildman–Crippen LogP) is 3.19. The van der Waals surface area contributed by atoms with Gasteiger partial charge in [-0.3, -0.25) is 9.69 Å². The lowest BCUT2D eigenvalue weighted by atomic mass is 10.0. The maximum Gasteiger partial charge on any atom is 0.260 e. The number of anilines is 1. The van der Waals surface area contributed by atoms with E-state index in [1.807, 2.05) is 35.2 Å². The van der Waals surface area contributed by atoms with Crippen LogP contribution in [0.5, 0.6) is 5.75 Å². The van der Waals surface area contributed by atoms with E-state index in [0.29, 0.717) is 6.04 Å². The number of hydrogen-bond acceptors (Lipinski definition) is 4. The van der Waals surface area contributed by atoms with Crippen LogP contribution in [0.2, 0.25) is 0 Å². The quantitative estimate of drug-likeness (QED) is 0.782. The van der Waals surface area contributed by atoms with Crippen LogP contribution in [-0.2, 0) is 4.79 Å². The first-order chi connectivity index (χ1) is 14.2. The lowest BCUT2D eigenvalue weighted by Gasteiger charge is -2.44. The normalized spacial score (nSPS) is 20.5. The van der Waals surface area contributed by atoms with Gasteiger partial charge >= 0.3 is 0 Å². The van der Waals surface area contributed by atoms with Crippen molar-refractivity contribution in [2.75, 3.05) is 50.8 Å². The summed E-state index contributed by atoms with van der Waals surface area (Å²) in [5.74, 6) is 0.846. The first-order valence-electron chi connectivity index (χ1n) is 10.7. The summed E-state index contributed by atoms with van der Waals surface area (Å²) in [6.07, 6.45) is 2.24. The zero-order valence-electron chi connectivity index (χ0n) is 17.3. The first-order valence-corrected chi connectivity index (χ1v) is 10.7. The van der Waals surface area contributed by atoms with E-state index in [4.69, 9.17) is 4.74 Å². The molecule has 2 saturated heterocycles. The summed E-state index contributed by atoms with van der Waals surface area (Å²) < 4.78 is 5.66. The Morgan fingerprint density at radius 2 is 1.69 bits per heavy atom. The van der Waals surface area contributed by atoms with Crippen LogP contribution in [0, 0.1) is 6.92 Å². The Bertz CT molecular complexity index is 803. The SMILES string of the molecule is Cc1ccccc1N1CCN([C@@H]2CCCN(C(=O)COc3ccccc3)C2)CC1. The minimum atomic E-state index is 0.0945. The molecule has 1 amide bonds. The van der Waals surface area contributed by atoms with Crippen LogP contribution in [0.1, 0.15) is 18.4 Å². The average molecular weight is 394 g/mol. The Kier molecular flexibility index (Phi) is 6.35. The number of para-hydroxylation sites is 2. The van der Waals surface area contributed by atoms with E-state index >= 15 is 0 Å². The van der Waals surface area contributed by atoms with Crippen molar-refractivity contribution in [3.63, 3.8) is 0 Å². The Morgan fingerprint density at radius 1 is 0.966 bits per heavy atom. The molecule has 0 N–H and O–H groups in total. The van der Waals surface area contributed by atoms with Gasteiger partial charge in [0.15, 0.2) is 6.61 Å². The third-order valence-corrected chi connectivity index (χ3v) is 6.14. The summed E-state index contributed by atoms with van der Waals surface area (Å²) in [7, 11) is 0. The van der Waals surface area contributed by atoms with Crippen LogP contribution in [0.3, 0.4) is 0 Å². The number of ether oxygens (including phenoxy) is 1. The number of nitrogens with zero attached hydrogens (tertiary/aromatic N) is 3. The van der Waals surface area contributed by atoms with Crippen molar-refractivity contribution < 1.29 is 9.53 Å². The second kappa shape index (κ2) is 9.31. The van der Waals surface area contributed by atoms with Gasteiger partial charge in [0.1, 0.15) is 5.75 Å². The molecule has 154 valence electrons. The summed E-state index contributed by atoms with van der Waals surface area (Å²) in [6, 6.07) is 18.7. The summed E-state index contributed by atoms with van der Waals surface area (Å²) in [5.41, 5.74) is 2.69. The molecule has 0 unspecified atom stereocenters. The second-order valence-electron chi connectivity index (χ2n) is 8.05. The Labute approximate surface area is 173 Å². The molecule has 4 rings (SSSR count). The van der Waals surface area contributed by atoms with E-state index < -0.39 is 0 Å². The molecule has 29 heavy (non-hydrogen) atoms. The summed E-state index contributed by atoms with van der Waals surface area (Å²) in [6.45, 7) is 8.18. The third kappa shape index (κ3) is 4.91. The van der Waals surface area contributed by atoms with Crippen molar-refractivity contribution in [3.8, 4) is 5.75 Å². The number of likely N-dealkylation sites (tertiary alicyclic amines) is 1. The Morgan fingerprint density at radius 3 is 2.45 bits per heavy atom. The molecule has 2 aliphatic rings. The van der Waals surface area contributed by atoms with E-state index in [1.54, 1.807) is 0 Å². The monoisotopic (exact) mass is 393 g/mol. The molecule has 2 fully saturated rings. The molecule has 0 radical (unpaired) electrons. The Hall–Kier alpha value is -2.53. The largest absolute Gasteiger partial charge is 0.484 e. The smallest absolute Gasteiger partial charge is 0.260 e. The number of carbonyl (C=O) groups is 1. The molecule has 0 aliphatic carbocycles. The van der Waals surface area contributed by atoms with Gasteiger partial charge in [-0.1, -0.05) is 36.4 Å². The van der Waals surface area contributed by atoms with Crippen LogP contribution in [0.15, 0.2) is 54.6 Å². The van der Waals surface area contributed by atoms with Crippen molar-refractivity contribution in [3.05, 3.63) is 60.2 Å². The van der Waals surface area contributed by atoms with E-state index in [1.165, 1.54) is 17.7 Å². The molecule has 5 heteroatoms. The van der Waals surface area contributed by atoms with Gasteiger partial charge in [-0.25, -0.2) is 0 Å². The topological polar surface area (TPSA) is 36.0 Å². The zero-order chi connectivity index (χ0) is 20.1. The number of carbonyl (C=O) groups excluding carboxylic acids is 1. The molecule has 0 bridgehead atoms. The van der Waals surface area contributed by atoms with Crippen molar-refractivity contribution in [1.29, 1.82) is 0 Å². The van der Waals surface area contributed by atoms with Gasteiger partial charge in [-0.05, 0) is 43.5 Å². The number of hydrogen-bond donors (Lipinski definition) is 0. The highest BCUT2D eigenvalue weighted by Gasteiger charge is 2.30. The summed E-state index contributed by atoms with van der Waals surface area (Å²) >= 11 is 0. The van der Waals surface area contributed by atoms with E-state index in [9.17, 15) is 4.79 Å². The fourth-order valence-corrected chi connectivity index (χ4v) is 4.48. The van der Waals surface area contributed by atoms with E-state index in [2.05, 4.69) is 41.0 Å². The fourth-order valence-electron chi connectivity index (χ4n) is 4.48. The zero-order valence-corrected chi connectivity index (χ0v) is 17.3. The van der Waals surface area contributed by atoms with Gasteiger partial charge in [-0.15, -0.1) is 0 Å². The maximum absolute atomic E-state index is 12.6. The molecule has 2 heterocycles. The first kappa shape index (κ1) is 19.8. The lowest BCUT2D eigenvalue weighted by Crippen LogP contribution is -2.56. The van der Waals surface area contributed by atoms with Crippen molar-refractivity contribution in [2.24, 2.45) is 0 Å². The number of rotatable bonds is 5. The van der Waals surface area contributed by atoms with Crippen LogP contribution >= 0.6 is 0 Å². The van der Waals surface area contributed by atoms with Crippen LogP contribution in [0.4, 0.5) is 5.69 Å². The maximum atomic E-state index is 12.6. The van der Waals surface area contributed by atoms with Gasteiger partial charge in [0, 0.05) is 51.0 Å². The number of benzene rings is 2. The number of amides is 1. The average Bonchev–Trinajstić information content (AvgIpc) is 2.79. The Balaban J connectivity index is 1.28. The van der Waals surface area contributed by atoms with E-state index in [0.717, 1.165) is 51.4 Å². The van der Waals surface area contributed by atoms with Gasteiger partial charge in [0.25, 0.3) is 5.91 Å². The van der Waals surface area contributed by atoms with Gasteiger partial charge in [-0.2, -0.15) is 0 Å². The fraction of sp³-hybridized carbons (Fsp3) is 0.458. The van der Waals surface area contributed by atoms with Crippen molar-refractivity contribution in [2.45, 2.75) is 25.8 Å². The molecule has 2 aliphatic heterocycles. The van der Waals surface area contributed by atoms with Gasteiger partial charge in [0.2, 0.25) is 0 Å². The number of piperazine rings is 1. The van der Waals surface area contributed by atoms with E-state index in [-0.39, 0.29) is 12.5 Å². The third-order valence-electron chi connectivity index (χ3n) is 6.14. The molecular formula is C24H31N3O2. The van der Waals surface area contributed by atoms with Crippen LogP contribution in [0.25, 0.3) is 0 Å².